The van der Waals surface area contributed by atoms with Gasteiger partial charge in [-0.15, -0.1) is 0 Å². The molecule has 14 nitrogen and oxygen atoms in total. The van der Waals surface area contributed by atoms with Crippen LogP contribution in [0.15, 0.2) is 59.8 Å². The Morgan fingerprint density at radius 1 is 1.04 bits per heavy atom. The quantitative estimate of drug-likeness (QED) is 0.110. The zero-order chi connectivity index (χ0) is 39.6. The van der Waals surface area contributed by atoms with Crippen molar-refractivity contribution in [3.63, 3.8) is 0 Å². The van der Waals surface area contributed by atoms with Crippen LogP contribution >= 0.6 is 0 Å². The van der Waals surface area contributed by atoms with Gasteiger partial charge in [0.05, 0.1) is 62.8 Å². The number of nitrogens with two attached hydrogens (primary N) is 2. The van der Waals surface area contributed by atoms with Crippen LogP contribution < -0.4 is 32.3 Å². The Morgan fingerprint density at radius 3 is 2.38 bits per heavy atom. The molecule has 2 aliphatic heterocycles. The van der Waals surface area contributed by atoms with Gasteiger partial charge in [0.15, 0.2) is 0 Å². The van der Waals surface area contributed by atoms with Gasteiger partial charge in [-0.2, -0.15) is 18.3 Å². The predicted molar refractivity (Wildman–Crippen MR) is 200 cm³/mol. The van der Waals surface area contributed by atoms with E-state index >= 15 is 0 Å². The Bertz CT molecular complexity index is 2120. The third-order valence-corrected chi connectivity index (χ3v) is 10.1. The second kappa shape index (κ2) is 14.0. The molecule has 0 bridgehead atoms. The summed E-state index contributed by atoms with van der Waals surface area (Å²) in [4.78, 5) is 47.4. The molecule has 4 aliphatic rings. The number of hydrogen-bond acceptors (Lipinski definition) is 10. The van der Waals surface area contributed by atoms with Gasteiger partial charge in [-0.1, -0.05) is 6.07 Å². The van der Waals surface area contributed by atoms with Crippen molar-refractivity contribution < 1.29 is 27.6 Å². The highest BCUT2D eigenvalue weighted by molar-refractivity contribution is 6.39. The molecule has 0 spiro atoms. The number of amides is 3. The molecule has 3 amide bonds. The van der Waals surface area contributed by atoms with Crippen molar-refractivity contribution in [1.82, 2.24) is 35.2 Å². The van der Waals surface area contributed by atoms with Gasteiger partial charge in [-0.3, -0.25) is 19.1 Å². The number of rotatable bonds is 11. The number of fused-ring (bicyclic) bond motifs is 3. The first kappa shape index (κ1) is 37.8. The number of benzene rings is 1. The molecule has 4 radical (unpaired) electrons. The number of nitrogens with one attached hydrogen (secondary N) is 3. The fourth-order valence-corrected chi connectivity index (χ4v) is 6.70. The van der Waals surface area contributed by atoms with Crippen LogP contribution in [0.2, 0.25) is 0 Å². The Kier molecular flexibility index (Phi) is 9.63. The van der Waals surface area contributed by atoms with Crippen molar-refractivity contribution in [3.05, 3.63) is 82.5 Å². The van der Waals surface area contributed by atoms with Gasteiger partial charge < -0.3 is 42.1 Å². The van der Waals surface area contributed by atoms with Gasteiger partial charge in [0.25, 0.3) is 11.8 Å². The molecule has 55 heavy (non-hydrogen) atoms. The van der Waals surface area contributed by atoms with Crippen LogP contribution in [0.5, 0.6) is 0 Å². The summed E-state index contributed by atoms with van der Waals surface area (Å²) in [5.74, 6) is -1.52. The lowest BCUT2D eigenvalue weighted by atomic mass is 9.57. The van der Waals surface area contributed by atoms with Gasteiger partial charge >= 0.3 is 6.18 Å². The van der Waals surface area contributed by atoms with E-state index in [4.69, 9.17) is 27.2 Å². The van der Waals surface area contributed by atoms with Crippen LogP contribution in [-0.4, -0.2) is 98.3 Å². The minimum absolute atomic E-state index is 0.00816. The SMILES string of the molecule is [B]C([B])(c1cccc(C(=O)N(C)C)n1)N1CC(n2ncc3c2CN(C)c2c(NC(/C=C(\N)NC(=O)C4CC4)=C(/N)C(=O)NC4CC4)cc(C(F)(F)F)cc2-3)C1. The van der Waals surface area contributed by atoms with Crippen LogP contribution in [0.3, 0.4) is 0 Å². The Morgan fingerprint density at radius 2 is 1.75 bits per heavy atom. The molecule has 284 valence electrons. The zero-order valence-corrected chi connectivity index (χ0v) is 30.6. The molecule has 3 aromatic rings. The summed E-state index contributed by atoms with van der Waals surface area (Å²) >= 11 is 0. The predicted octanol–water partition coefficient (Wildman–Crippen LogP) is 1.81. The zero-order valence-electron chi connectivity index (χ0n) is 30.6. The number of halogens is 3. The van der Waals surface area contributed by atoms with Crippen molar-refractivity contribution in [2.24, 2.45) is 17.4 Å². The van der Waals surface area contributed by atoms with Gasteiger partial charge in [0, 0.05) is 69.1 Å². The number of aromatic nitrogens is 3. The monoisotopic (exact) mass is 753 g/mol. The summed E-state index contributed by atoms with van der Waals surface area (Å²) in [5, 5.41) is 11.4. The average Bonchev–Trinajstić information content (AvgIpc) is 4.05. The first-order chi connectivity index (χ1) is 25.9. The summed E-state index contributed by atoms with van der Waals surface area (Å²) in [5.41, 5.74) is 13.4. The second-order valence-corrected chi connectivity index (χ2v) is 14.8. The number of anilines is 2. The highest BCUT2D eigenvalue weighted by Crippen LogP contribution is 2.48. The van der Waals surface area contributed by atoms with Crippen molar-refractivity contribution in [3.8, 4) is 11.1 Å². The number of pyridine rings is 1. The molecular formula is C36H40B2F3N11O3. The maximum atomic E-state index is 14.5. The Labute approximate surface area is 318 Å². The topological polar surface area (TPSA) is 180 Å². The van der Waals surface area contributed by atoms with Gasteiger partial charge in [0.2, 0.25) is 5.91 Å². The number of alkyl halides is 3. The maximum absolute atomic E-state index is 14.5. The number of allylic oxidation sites excluding steroid dienone is 1. The summed E-state index contributed by atoms with van der Waals surface area (Å²) in [7, 11) is 18.1. The number of carbonyl (C=O) groups excluding carboxylic acids is 3. The van der Waals surface area contributed by atoms with E-state index < -0.39 is 23.0 Å². The van der Waals surface area contributed by atoms with E-state index in [1.165, 1.54) is 17.2 Å². The molecule has 2 aromatic heterocycles. The van der Waals surface area contributed by atoms with Crippen molar-refractivity contribution in [2.45, 2.75) is 55.8 Å². The van der Waals surface area contributed by atoms with Crippen molar-refractivity contribution in [1.29, 1.82) is 0 Å². The van der Waals surface area contributed by atoms with E-state index in [9.17, 15) is 27.6 Å². The van der Waals surface area contributed by atoms with Crippen molar-refractivity contribution in [2.75, 3.05) is 44.4 Å². The molecule has 2 saturated carbocycles. The van der Waals surface area contributed by atoms with Crippen molar-refractivity contribution >= 4 is 44.8 Å². The molecule has 3 fully saturated rings. The molecule has 7 N–H and O–H groups in total. The van der Waals surface area contributed by atoms with Crippen LogP contribution in [-0.2, 0) is 27.6 Å². The van der Waals surface area contributed by atoms with E-state index in [0.717, 1.165) is 37.8 Å². The maximum Gasteiger partial charge on any atom is 0.416 e. The second-order valence-electron chi connectivity index (χ2n) is 14.8. The number of nitrogens with zero attached hydrogens (tertiary/aromatic N) is 6. The van der Waals surface area contributed by atoms with Gasteiger partial charge in [-0.05, 0) is 55.3 Å². The third kappa shape index (κ3) is 7.61. The summed E-state index contributed by atoms with van der Waals surface area (Å²) < 4.78 is 45.3. The first-order valence-electron chi connectivity index (χ1n) is 17.8. The first-order valence-corrected chi connectivity index (χ1v) is 17.8. The highest BCUT2D eigenvalue weighted by Gasteiger charge is 2.42. The number of carbonyl (C=O) groups is 3. The summed E-state index contributed by atoms with van der Waals surface area (Å²) in [6.07, 6.45) is 1.03. The van der Waals surface area contributed by atoms with Crippen LogP contribution in [0, 0.1) is 5.92 Å². The lowest BCUT2D eigenvalue weighted by Gasteiger charge is -2.50. The average molecular weight is 753 g/mol. The molecule has 1 saturated heterocycles. The summed E-state index contributed by atoms with van der Waals surface area (Å²) in [6.45, 7) is 0.960. The highest BCUT2D eigenvalue weighted by atomic mass is 19.4. The summed E-state index contributed by atoms with van der Waals surface area (Å²) in [6, 6.07) is 6.63. The fourth-order valence-electron chi connectivity index (χ4n) is 6.70. The minimum atomic E-state index is -4.74. The van der Waals surface area contributed by atoms with E-state index in [1.54, 1.807) is 53.8 Å². The normalized spacial score (nSPS) is 18.1. The minimum Gasteiger partial charge on any atom is -0.393 e. The van der Waals surface area contributed by atoms with Gasteiger partial charge in [0.1, 0.15) is 17.2 Å². The van der Waals surface area contributed by atoms with Crippen LogP contribution in [0.1, 0.15) is 59.2 Å². The van der Waals surface area contributed by atoms with E-state index in [1.807, 2.05) is 0 Å². The molecular weight excluding hydrogens is 713 g/mol. The third-order valence-electron chi connectivity index (χ3n) is 10.1. The molecule has 2 aliphatic carbocycles. The van der Waals surface area contributed by atoms with E-state index in [-0.39, 0.29) is 70.5 Å². The lowest BCUT2D eigenvalue weighted by Crippen LogP contribution is -2.60. The molecule has 0 unspecified atom stereocenters. The van der Waals surface area contributed by atoms with Crippen LogP contribution in [0.4, 0.5) is 24.5 Å². The molecule has 7 rings (SSSR count). The lowest BCUT2D eigenvalue weighted by molar-refractivity contribution is -0.137. The number of likely N-dealkylation sites (tertiary alicyclic amines) is 1. The Hall–Kier alpha value is -5.45. The van der Waals surface area contributed by atoms with Crippen LogP contribution in [0.25, 0.3) is 11.1 Å². The Balaban J connectivity index is 1.20. The molecule has 1 aromatic carbocycles. The van der Waals surface area contributed by atoms with E-state index in [0.29, 0.717) is 35.7 Å². The smallest absolute Gasteiger partial charge is 0.393 e. The van der Waals surface area contributed by atoms with E-state index in [2.05, 4.69) is 26.0 Å². The molecule has 19 heteroatoms. The number of hydrogen-bond donors (Lipinski definition) is 5. The largest absolute Gasteiger partial charge is 0.416 e. The van der Waals surface area contributed by atoms with Gasteiger partial charge in [-0.25, -0.2) is 4.98 Å². The molecule has 0 atom stereocenters. The molecule has 4 heterocycles. The standard InChI is InChI=1S/C36H40B2F3N11O3/c1-49(2)34(55)24-5-4-6-28(47-24)35(37,38)51-15-21(16-51)52-27-17-50(3)31-22(23(27)14-44-52)11-19(36(39,40)41)12-26(31)46-25(30(43)33(54)45-20-9-10-20)13-29(42)48-32(53)18-7-8-18/h4-6,11-14,18,20-21,46H,7-10,15-17,42-43H2,1-3H3,(H,45,54)(H,48,53)/b29-13+,30-25+. The fraction of sp³-hybridized carbons (Fsp3) is 0.417.